The van der Waals surface area contributed by atoms with Crippen LogP contribution in [-0.2, 0) is 10.0 Å². The standard InChI is InChI=1S/C19H20ClFN4O2S/c1-24(16-7-10-23-19-13(16)6-9-22-19)17-12-25(11-8-15(17)21)28(26,27)18-5-3-2-4-14(18)20/h2-7,9-10,15,17H,8,11-12H2,1H3,(H,22,23)/t15-,17?/m1/s1. The number of nitrogens with zero attached hydrogens (tertiary/aromatic N) is 3. The van der Waals surface area contributed by atoms with E-state index in [-0.39, 0.29) is 29.4 Å². The first kappa shape index (κ1) is 19.2. The van der Waals surface area contributed by atoms with Gasteiger partial charge in [-0.3, -0.25) is 0 Å². The molecule has 0 amide bonds. The molecule has 4 rings (SSSR count). The third-order valence-corrected chi connectivity index (χ3v) is 7.60. The highest BCUT2D eigenvalue weighted by Gasteiger charge is 2.38. The van der Waals surface area contributed by atoms with Crippen LogP contribution in [0.3, 0.4) is 0 Å². The third-order valence-electron chi connectivity index (χ3n) is 5.23. The van der Waals surface area contributed by atoms with Crippen molar-refractivity contribution in [3.63, 3.8) is 0 Å². The second-order valence-corrected chi connectivity index (χ2v) is 9.16. The Morgan fingerprint density at radius 1 is 1.29 bits per heavy atom. The number of rotatable bonds is 4. The molecule has 9 heteroatoms. The van der Waals surface area contributed by atoms with Crippen molar-refractivity contribution in [1.29, 1.82) is 0 Å². The molecule has 0 spiro atoms. The summed E-state index contributed by atoms with van der Waals surface area (Å²) < 4.78 is 42.3. The van der Waals surface area contributed by atoms with Gasteiger partial charge in [-0.25, -0.2) is 17.8 Å². The summed E-state index contributed by atoms with van der Waals surface area (Å²) in [7, 11) is -2.02. The topological polar surface area (TPSA) is 69.3 Å². The van der Waals surface area contributed by atoms with E-state index in [1.807, 2.05) is 12.1 Å². The van der Waals surface area contributed by atoms with Crippen molar-refractivity contribution in [2.75, 3.05) is 25.0 Å². The van der Waals surface area contributed by atoms with E-state index >= 15 is 0 Å². The zero-order valence-electron chi connectivity index (χ0n) is 15.2. The largest absolute Gasteiger partial charge is 0.367 e. The minimum atomic E-state index is -3.81. The molecule has 3 aromatic rings. The molecule has 1 unspecified atom stereocenters. The molecule has 1 saturated heterocycles. The van der Waals surface area contributed by atoms with Gasteiger partial charge in [-0.05, 0) is 30.7 Å². The number of piperidine rings is 1. The van der Waals surface area contributed by atoms with Crippen molar-refractivity contribution in [3.8, 4) is 0 Å². The summed E-state index contributed by atoms with van der Waals surface area (Å²) in [6, 6.07) is 9.39. The quantitative estimate of drug-likeness (QED) is 0.699. The second kappa shape index (κ2) is 7.35. The average Bonchev–Trinajstić information content (AvgIpc) is 3.16. The van der Waals surface area contributed by atoms with Crippen molar-refractivity contribution in [2.24, 2.45) is 0 Å². The molecule has 1 aliphatic rings. The Morgan fingerprint density at radius 3 is 2.86 bits per heavy atom. The van der Waals surface area contributed by atoms with Crippen LogP contribution >= 0.6 is 11.6 Å². The fourth-order valence-corrected chi connectivity index (χ4v) is 5.65. The number of likely N-dealkylation sites (N-methyl/N-ethyl adjacent to an activating group) is 1. The predicted octanol–water partition coefficient (Wildman–Crippen LogP) is 3.45. The van der Waals surface area contributed by atoms with E-state index in [9.17, 15) is 12.8 Å². The summed E-state index contributed by atoms with van der Waals surface area (Å²) in [5.74, 6) is 0. The Bertz CT molecular complexity index is 1100. The Morgan fingerprint density at radius 2 is 2.07 bits per heavy atom. The highest BCUT2D eigenvalue weighted by molar-refractivity contribution is 7.89. The summed E-state index contributed by atoms with van der Waals surface area (Å²) in [5, 5.41) is 1.03. The molecule has 1 fully saturated rings. The van der Waals surface area contributed by atoms with Crippen LogP contribution in [-0.4, -0.2) is 55.0 Å². The van der Waals surface area contributed by atoms with Gasteiger partial charge in [-0.2, -0.15) is 4.31 Å². The summed E-state index contributed by atoms with van der Waals surface area (Å²) >= 11 is 6.10. The Hall–Kier alpha value is -2.16. The number of pyridine rings is 1. The smallest absolute Gasteiger partial charge is 0.244 e. The number of benzene rings is 1. The summed E-state index contributed by atoms with van der Waals surface area (Å²) in [4.78, 5) is 9.14. The average molecular weight is 423 g/mol. The lowest BCUT2D eigenvalue weighted by atomic mass is 10.0. The van der Waals surface area contributed by atoms with Gasteiger partial charge in [0.1, 0.15) is 16.7 Å². The van der Waals surface area contributed by atoms with Crippen molar-refractivity contribution < 1.29 is 12.8 Å². The number of sulfonamides is 1. The predicted molar refractivity (Wildman–Crippen MR) is 108 cm³/mol. The molecule has 0 aliphatic carbocycles. The number of aromatic amines is 1. The van der Waals surface area contributed by atoms with Crippen LogP contribution in [0.1, 0.15) is 6.42 Å². The molecule has 1 N–H and O–H groups in total. The van der Waals surface area contributed by atoms with Gasteiger partial charge in [0.25, 0.3) is 0 Å². The monoisotopic (exact) mass is 422 g/mol. The second-order valence-electron chi connectivity index (χ2n) is 6.85. The van der Waals surface area contributed by atoms with Crippen molar-refractivity contribution >= 4 is 38.3 Å². The van der Waals surface area contributed by atoms with Crippen LogP contribution in [0.15, 0.2) is 53.7 Å². The van der Waals surface area contributed by atoms with E-state index in [0.29, 0.717) is 5.65 Å². The maximum absolute atomic E-state index is 14.8. The van der Waals surface area contributed by atoms with Crippen LogP contribution in [0.5, 0.6) is 0 Å². The number of hydrogen-bond acceptors (Lipinski definition) is 4. The number of hydrogen-bond donors (Lipinski definition) is 1. The number of alkyl halides is 1. The Labute approximate surface area is 168 Å². The lowest BCUT2D eigenvalue weighted by Crippen LogP contribution is -2.54. The minimum Gasteiger partial charge on any atom is -0.367 e. The van der Waals surface area contributed by atoms with Gasteiger partial charge in [-0.1, -0.05) is 23.7 Å². The maximum Gasteiger partial charge on any atom is 0.244 e. The normalized spacial score (nSPS) is 21.1. The zero-order valence-corrected chi connectivity index (χ0v) is 16.8. The summed E-state index contributed by atoms with van der Waals surface area (Å²) in [6.45, 7) is 0.161. The number of fused-ring (bicyclic) bond motifs is 1. The van der Waals surface area contributed by atoms with Crippen LogP contribution in [0.25, 0.3) is 11.0 Å². The molecule has 0 saturated carbocycles. The van der Waals surface area contributed by atoms with Gasteiger partial charge in [0.05, 0.1) is 11.1 Å². The molecule has 3 heterocycles. The fourth-order valence-electron chi connectivity index (χ4n) is 3.68. The van der Waals surface area contributed by atoms with Crippen molar-refractivity contribution in [2.45, 2.75) is 23.5 Å². The van der Waals surface area contributed by atoms with Gasteiger partial charge in [-0.15, -0.1) is 0 Å². The van der Waals surface area contributed by atoms with Gasteiger partial charge >= 0.3 is 0 Å². The third kappa shape index (κ3) is 3.25. The number of halogens is 2. The van der Waals surface area contributed by atoms with E-state index in [2.05, 4.69) is 9.97 Å². The van der Waals surface area contributed by atoms with Gasteiger partial charge in [0, 0.05) is 43.6 Å². The fraction of sp³-hybridized carbons (Fsp3) is 0.316. The van der Waals surface area contributed by atoms with Crippen molar-refractivity contribution in [1.82, 2.24) is 14.3 Å². The number of anilines is 1. The lowest BCUT2D eigenvalue weighted by Gasteiger charge is -2.40. The summed E-state index contributed by atoms with van der Waals surface area (Å²) in [6.07, 6.45) is 2.40. The SMILES string of the molecule is CN(c1ccnc2[nH]ccc12)C1CN(S(=O)(=O)c2ccccc2Cl)CC[C@H]1F. The van der Waals surface area contributed by atoms with E-state index in [0.717, 1.165) is 11.1 Å². The number of H-pyrrole nitrogens is 1. The van der Waals surface area contributed by atoms with E-state index in [4.69, 9.17) is 11.6 Å². The Kier molecular flexibility index (Phi) is 5.03. The van der Waals surface area contributed by atoms with Crippen LogP contribution in [0.4, 0.5) is 10.1 Å². The highest BCUT2D eigenvalue weighted by Crippen LogP contribution is 2.32. The first-order valence-electron chi connectivity index (χ1n) is 8.93. The minimum absolute atomic E-state index is 0.0411. The lowest BCUT2D eigenvalue weighted by molar-refractivity contribution is 0.178. The molecule has 0 radical (unpaired) electrons. The van der Waals surface area contributed by atoms with Gasteiger partial charge < -0.3 is 9.88 Å². The van der Waals surface area contributed by atoms with E-state index < -0.39 is 22.2 Å². The first-order chi connectivity index (χ1) is 13.4. The molecular weight excluding hydrogens is 403 g/mol. The summed E-state index contributed by atoms with van der Waals surface area (Å²) in [5.41, 5.74) is 1.51. The molecule has 2 atom stereocenters. The Balaban J connectivity index is 1.65. The molecule has 2 aromatic heterocycles. The van der Waals surface area contributed by atoms with E-state index in [1.54, 1.807) is 42.5 Å². The van der Waals surface area contributed by atoms with Crippen LogP contribution in [0, 0.1) is 0 Å². The first-order valence-corrected chi connectivity index (χ1v) is 10.7. The van der Waals surface area contributed by atoms with Gasteiger partial charge in [0.15, 0.2) is 0 Å². The molecule has 6 nitrogen and oxygen atoms in total. The van der Waals surface area contributed by atoms with Crippen LogP contribution in [0.2, 0.25) is 5.02 Å². The van der Waals surface area contributed by atoms with Gasteiger partial charge in [0.2, 0.25) is 10.0 Å². The van der Waals surface area contributed by atoms with E-state index in [1.165, 1.54) is 10.4 Å². The number of aromatic nitrogens is 2. The molecular formula is C19H20ClFN4O2S. The molecule has 28 heavy (non-hydrogen) atoms. The highest BCUT2D eigenvalue weighted by atomic mass is 35.5. The van der Waals surface area contributed by atoms with Crippen LogP contribution < -0.4 is 4.90 Å². The molecule has 1 aliphatic heterocycles. The molecule has 148 valence electrons. The molecule has 0 bridgehead atoms. The zero-order chi connectivity index (χ0) is 19.9. The maximum atomic E-state index is 14.8. The molecule has 1 aromatic carbocycles. The van der Waals surface area contributed by atoms with Crippen molar-refractivity contribution in [3.05, 3.63) is 53.8 Å². The number of nitrogens with one attached hydrogen (secondary N) is 1.